The van der Waals surface area contributed by atoms with Crippen LogP contribution in [-0.2, 0) is 0 Å². The van der Waals surface area contributed by atoms with Gasteiger partial charge in [-0.1, -0.05) is 42.5 Å². The third kappa shape index (κ3) is 3.14. The van der Waals surface area contributed by atoms with Gasteiger partial charge in [-0.05, 0) is 24.1 Å². The number of nitrogens with one attached hydrogen (secondary N) is 2. The van der Waals surface area contributed by atoms with E-state index in [1.807, 2.05) is 30.3 Å². The van der Waals surface area contributed by atoms with Crippen molar-refractivity contribution in [3.05, 3.63) is 71.5 Å². The van der Waals surface area contributed by atoms with Crippen molar-refractivity contribution in [1.29, 1.82) is 0 Å². The zero-order chi connectivity index (χ0) is 15.5. The number of halogens is 1. The van der Waals surface area contributed by atoms with Gasteiger partial charge in [0.1, 0.15) is 5.82 Å². The molecule has 2 atom stereocenters. The molecule has 0 aliphatic heterocycles. The molecule has 5 heteroatoms. The molecule has 112 valence electrons. The quantitative estimate of drug-likeness (QED) is 0.915. The topological polar surface area (TPSA) is 58.2 Å². The van der Waals surface area contributed by atoms with Crippen LogP contribution in [0.2, 0.25) is 0 Å². The van der Waals surface area contributed by atoms with Crippen molar-refractivity contribution in [2.75, 3.05) is 0 Å². The largest absolute Gasteiger partial charge is 0.334 e. The van der Waals surface area contributed by atoms with Crippen LogP contribution < -0.4 is 10.6 Å². The van der Waals surface area contributed by atoms with Crippen LogP contribution >= 0.6 is 0 Å². The van der Waals surface area contributed by atoms with E-state index in [1.165, 1.54) is 18.2 Å². The van der Waals surface area contributed by atoms with Crippen molar-refractivity contribution in [1.82, 2.24) is 10.6 Å². The first-order valence-corrected chi connectivity index (χ1v) is 7.06. The number of imide groups is 1. The van der Waals surface area contributed by atoms with E-state index in [0.717, 1.165) is 12.0 Å². The van der Waals surface area contributed by atoms with Gasteiger partial charge in [0.25, 0.3) is 5.91 Å². The third-order valence-corrected chi connectivity index (χ3v) is 3.68. The number of amides is 3. The molecule has 3 rings (SSSR count). The minimum atomic E-state index is -0.743. The lowest BCUT2D eigenvalue weighted by atomic mass is 10.1. The van der Waals surface area contributed by atoms with Gasteiger partial charge < -0.3 is 5.32 Å². The van der Waals surface area contributed by atoms with E-state index in [-0.39, 0.29) is 17.5 Å². The van der Waals surface area contributed by atoms with E-state index in [1.54, 1.807) is 6.07 Å². The fourth-order valence-corrected chi connectivity index (χ4v) is 2.44. The summed E-state index contributed by atoms with van der Waals surface area (Å²) in [6.45, 7) is 0. The lowest BCUT2D eigenvalue weighted by Gasteiger charge is -2.07. The molecule has 1 aliphatic carbocycles. The molecule has 4 nitrogen and oxygen atoms in total. The second-order valence-corrected chi connectivity index (χ2v) is 5.27. The number of rotatable bonds is 3. The average molecular weight is 298 g/mol. The predicted octanol–water partition coefficient (Wildman–Crippen LogP) is 2.82. The average Bonchev–Trinajstić information content (AvgIpc) is 3.27. The summed E-state index contributed by atoms with van der Waals surface area (Å²) in [5.41, 5.74) is 1.02. The monoisotopic (exact) mass is 298 g/mol. The fourth-order valence-electron chi connectivity index (χ4n) is 2.44. The maximum atomic E-state index is 13.5. The molecule has 0 heterocycles. The van der Waals surface area contributed by atoms with Gasteiger partial charge in [0, 0.05) is 12.0 Å². The summed E-state index contributed by atoms with van der Waals surface area (Å²) in [6, 6.07) is 14.8. The Kier molecular flexibility index (Phi) is 3.87. The molecule has 2 aromatic carbocycles. The molecule has 1 fully saturated rings. The molecule has 2 aromatic rings. The number of hydrogen-bond donors (Lipinski definition) is 2. The van der Waals surface area contributed by atoms with Crippen molar-refractivity contribution < 1.29 is 14.0 Å². The van der Waals surface area contributed by atoms with Crippen molar-refractivity contribution in [2.45, 2.75) is 18.4 Å². The van der Waals surface area contributed by atoms with Crippen LogP contribution in [0.1, 0.15) is 28.3 Å². The molecule has 2 N–H and O–H groups in total. The number of carbonyl (C=O) groups is 2. The van der Waals surface area contributed by atoms with Gasteiger partial charge in [-0.15, -0.1) is 0 Å². The summed E-state index contributed by atoms with van der Waals surface area (Å²) in [5.74, 6) is -1.12. The van der Waals surface area contributed by atoms with Crippen LogP contribution in [0.5, 0.6) is 0 Å². The van der Waals surface area contributed by atoms with Gasteiger partial charge in [-0.25, -0.2) is 9.18 Å². The van der Waals surface area contributed by atoms with Crippen molar-refractivity contribution >= 4 is 11.9 Å². The van der Waals surface area contributed by atoms with Crippen LogP contribution in [-0.4, -0.2) is 18.0 Å². The molecule has 0 saturated heterocycles. The highest BCUT2D eigenvalue weighted by Gasteiger charge is 2.39. The molecule has 0 spiro atoms. The Morgan fingerprint density at radius 1 is 1.00 bits per heavy atom. The van der Waals surface area contributed by atoms with E-state index in [0.29, 0.717) is 0 Å². The molecule has 0 aromatic heterocycles. The standard InChI is InChI=1S/C17H15FN2O2/c18-14-9-5-4-8-12(14)16(21)20-17(22)19-15-10-13(15)11-6-2-1-3-7-11/h1-9,13,15H,10H2,(H2,19,20,21,22). The summed E-state index contributed by atoms with van der Waals surface area (Å²) in [7, 11) is 0. The first-order chi connectivity index (χ1) is 10.6. The highest BCUT2D eigenvalue weighted by Crippen LogP contribution is 2.40. The Morgan fingerprint density at radius 2 is 1.68 bits per heavy atom. The summed E-state index contributed by atoms with van der Waals surface area (Å²) in [5, 5.41) is 4.88. The molecule has 3 amide bonds. The zero-order valence-electron chi connectivity index (χ0n) is 11.8. The summed E-state index contributed by atoms with van der Waals surface area (Å²) < 4.78 is 13.5. The van der Waals surface area contributed by atoms with Gasteiger partial charge in [-0.3, -0.25) is 10.1 Å². The van der Waals surface area contributed by atoms with Crippen molar-refractivity contribution in [3.8, 4) is 0 Å². The fraction of sp³-hybridized carbons (Fsp3) is 0.176. The van der Waals surface area contributed by atoms with Crippen LogP contribution in [0.3, 0.4) is 0 Å². The number of benzene rings is 2. The Bertz CT molecular complexity index is 703. The molecular formula is C17H15FN2O2. The molecule has 1 aliphatic rings. The number of urea groups is 1. The number of carbonyl (C=O) groups excluding carboxylic acids is 2. The van der Waals surface area contributed by atoms with Gasteiger partial charge in [0.05, 0.1) is 5.56 Å². The van der Waals surface area contributed by atoms with E-state index >= 15 is 0 Å². The van der Waals surface area contributed by atoms with E-state index in [4.69, 9.17) is 0 Å². The second kappa shape index (κ2) is 5.97. The van der Waals surface area contributed by atoms with Crippen LogP contribution in [0.25, 0.3) is 0 Å². The minimum Gasteiger partial charge on any atom is -0.334 e. The Labute approximate surface area is 127 Å². The smallest absolute Gasteiger partial charge is 0.321 e. The van der Waals surface area contributed by atoms with Crippen LogP contribution in [0.15, 0.2) is 54.6 Å². The van der Waals surface area contributed by atoms with Crippen molar-refractivity contribution in [2.24, 2.45) is 0 Å². The Hall–Kier alpha value is -2.69. The minimum absolute atomic E-state index is 0.0100. The molecule has 0 radical (unpaired) electrons. The molecular weight excluding hydrogens is 283 g/mol. The highest BCUT2D eigenvalue weighted by molar-refractivity contribution is 6.04. The maximum absolute atomic E-state index is 13.5. The number of hydrogen-bond acceptors (Lipinski definition) is 2. The zero-order valence-corrected chi connectivity index (χ0v) is 11.8. The lowest BCUT2D eigenvalue weighted by molar-refractivity contribution is 0.0960. The van der Waals surface area contributed by atoms with Gasteiger partial charge in [0.2, 0.25) is 0 Å². The first kappa shape index (κ1) is 14.3. The molecule has 1 saturated carbocycles. The summed E-state index contributed by atoms with van der Waals surface area (Å²) in [6.07, 6.45) is 0.839. The van der Waals surface area contributed by atoms with E-state index in [2.05, 4.69) is 10.6 Å². The van der Waals surface area contributed by atoms with Gasteiger partial charge in [0.15, 0.2) is 0 Å². The van der Waals surface area contributed by atoms with E-state index in [9.17, 15) is 14.0 Å². The molecule has 22 heavy (non-hydrogen) atoms. The lowest BCUT2D eigenvalue weighted by Crippen LogP contribution is -2.41. The van der Waals surface area contributed by atoms with Crippen molar-refractivity contribution in [3.63, 3.8) is 0 Å². The third-order valence-electron chi connectivity index (χ3n) is 3.68. The van der Waals surface area contributed by atoms with Crippen LogP contribution in [0, 0.1) is 5.82 Å². The van der Waals surface area contributed by atoms with Gasteiger partial charge >= 0.3 is 6.03 Å². The molecule has 0 bridgehead atoms. The second-order valence-electron chi connectivity index (χ2n) is 5.27. The van der Waals surface area contributed by atoms with E-state index < -0.39 is 17.8 Å². The Morgan fingerprint density at radius 3 is 2.41 bits per heavy atom. The predicted molar refractivity (Wildman–Crippen MR) is 80.0 cm³/mol. The summed E-state index contributed by atoms with van der Waals surface area (Å²) >= 11 is 0. The highest BCUT2D eigenvalue weighted by atomic mass is 19.1. The normalized spacial score (nSPS) is 19.3. The maximum Gasteiger partial charge on any atom is 0.321 e. The first-order valence-electron chi connectivity index (χ1n) is 7.06. The van der Waals surface area contributed by atoms with Gasteiger partial charge in [-0.2, -0.15) is 0 Å². The Balaban J connectivity index is 1.54. The SMILES string of the molecule is O=C(NC(=O)c1ccccc1F)NC1CC1c1ccccc1. The summed E-state index contributed by atoms with van der Waals surface area (Å²) in [4.78, 5) is 23.6. The van der Waals surface area contributed by atoms with Crippen LogP contribution in [0.4, 0.5) is 9.18 Å². The molecule has 2 unspecified atom stereocenters.